The van der Waals surface area contributed by atoms with Crippen molar-refractivity contribution in [3.8, 4) is 11.1 Å². The molecule has 0 unspecified atom stereocenters. The molecule has 4 aromatic carbocycles. The van der Waals surface area contributed by atoms with E-state index in [-0.39, 0.29) is 43.5 Å². The van der Waals surface area contributed by atoms with Gasteiger partial charge in [0.15, 0.2) is 4.90 Å². The third-order valence-electron chi connectivity index (χ3n) is 7.08. The number of anilines is 2. The van der Waals surface area contributed by atoms with E-state index in [1.807, 2.05) is 48.5 Å². The number of carbonyl (C=O) groups is 2. The number of nitrogens with zero attached hydrogens (tertiary/aromatic N) is 1. The molecule has 0 heterocycles. The summed E-state index contributed by atoms with van der Waals surface area (Å²) in [4.78, 5) is 35.1. The van der Waals surface area contributed by atoms with Gasteiger partial charge in [0, 0.05) is 36.3 Å². The standard InChI is InChI=1S/C31H28N4O8S/c36-18-20-9-11-21(12-10-20)34-44(41,42)29-14-13-22(17-28(29)35(39)40)33-30(37)15-16-32-31(38)43-19-27-25-7-3-1-5-23(25)24-6-2-4-8-26(24)27/h1-14,17,27,34,36H,15-16,18-19H2,(H,32,38)(H,33,37). The van der Waals surface area contributed by atoms with Gasteiger partial charge in [-0.3, -0.25) is 19.6 Å². The van der Waals surface area contributed by atoms with Crippen molar-refractivity contribution in [1.82, 2.24) is 5.32 Å². The lowest BCUT2D eigenvalue weighted by molar-refractivity contribution is -0.387. The summed E-state index contributed by atoms with van der Waals surface area (Å²) in [5, 5.41) is 25.8. The number of aliphatic hydroxyl groups excluding tert-OH is 1. The summed E-state index contributed by atoms with van der Waals surface area (Å²) in [6.07, 6.45) is -0.855. The molecule has 0 bridgehead atoms. The molecule has 0 radical (unpaired) electrons. The molecule has 2 amide bonds. The quantitative estimate of drug-likeness (QED) is 0.138. The summed E-state index contributed by atoms with van der Waals surface area (Å²) in [5.74, 6) is -0.669. The van der Waals surface area contributed by atoms with E-state index in [0.717, 1.165) is 34.4 Å². The van der Waals surface area contributed by atoms with Crippen LogP contribution >= 0.6 is 0 Å². The van der Waals surface area contributed by atoms with Crippen LogP contribution in [0.25, 0.3) is 11.1 Å². The molecule has 4 aromatic rings. The Morgan fingerprint density at radius 3 is 2.11 bits per heavy atom. The summed E-state index contributed by atoms with van der Waals surface area (Å²) in [5.41, 5.74) is 4.33. The van der Waals surface area contributed by atoms with Gasteiger partial charge in [-0.15, -0.1) is 0 Å². The molecule has 12 nitrogen and oxygen atoms in total. The first-order valence-electron chi connectivity index (χ1n) is 13.6. The van der Waals surface area contributed by atoms with Crippen LogP contribution in [-0.2, 0) is 26.2 Å². The highest BCUT2D eigenvalue weighted by molar-refractivity contribution is 7.92. The van der Waals surface area contributed by atoms with E-state index in [1.165, 1.54) is 30.3 Å². The predicted octanol–water partition coefficient (Wildman–Crippen LogP) is 4.76. The van der Waals surface area contributed by atoms with Gasteiger partial charge in [0.05, 0.1) is 11.5 Å². The Kier molecular flexibility index (Phi) is 8.88. The highest BCUT2D eigenvalue weighted by Gasteiger charge is 2.29. The highest BCUT2D eigenvalue weighted by Crippen LogP contribution is 2.44. The summed E-state index contributed by atoms with van der Waals surface area (Å²) in [6.45, 7) is -0.166. The van der Waals surface area contributed by atoms with Gasteiger partial charge in [-0.05, 0) is 52.1 Å². The number of rotatable bonds is 11. The number of aliphatic hydroxyl groups is 1. The molecule has 0 fully saturated rings. The Labute approximate surface area is 252 Å². The molecule has 5 rings (SSSR count). The molecule has 0 saturated heterocycles. The number of nitrogens with one attached hydrogen (secondary N) is 3. The first-order chi connectivity index (χ1) is 21.2. The Morgan fingerprint density at radius 2 is 1.50 bits per heavy atom. The molecule has 0 aliphatic heterocycles. The molecular formula is C31H28N4O8S. The molecule has 0 atom stereocenters. The molecule has 44 heavy (non-hydrogen) atoms. The van der Waals surface area contributed by atoms with Gasteiger partial charge < -0.3 is 20.5 Å². The minimum atomic E-state index is -4.35. The SMILES string of the molecule is O=C(CCNC(=O)OCC1c2ccccc2-c2ccccc21)Nc1ccc(S(=O)(=O)Nc2ccc(CO)cc2)c([N+](=O)[O-])c1. The van der Waals surface area contributed by atoms with Gasteiger partial charge in [0.25, 0.3) is 15.7 Å². The first kappa shape index (κ1) is 30.2. The maximum atomic E-state index is 12.9. The van der Waals surface area contributed by atoms with E-state index >= 15 is 0 Å². The fraction of sp³-hybridized carbons (Fsp3) is 0.161. The van der Waals surface area contributed by atoms with Crippen LogP contribution in [0, 0.1) is 10.1 Å². The number of carbonyl (C=O) groups excluding carboxylic acids is 2. The first-order valence-corrected chi connectivity index (χ1v) is 15.0. The molecule has 13 heteroatoms. The molecule has 1 aliphatic carbocycles. The number of nitro benzene ring substituents is 1. The van der Waals surface area contributed by atoms with E-state index in [0.29, 0.717) is 5.56 Å². The lowest BCUT2D eigenvalue weighted by Gasteiger charge is -2.14. The Hall–Kier alpha value is -5.27. The monoisotopic (exact) mass is 616 g/mol. The third-order valence-corrected chi connectivity index (χ3v) is 8.51. The molecule has 0 saturated carbocycles. The smallest absolute Gasteiger partial charge is 0.407 e. The lowest BCUT2D eigenvalue weighted by atomic mass is 9.98. The van der Waals surface area contributed by atoms with Crippen molar-refractivity contribution in [2.45, 2.75) is 23.8 Å². The van der Waals surface area contributed by atoms with Crippen LogP contribution in [0.15, 0.2) is 95.9 Å². The molecular weight excluding hydrogens is 588 g/mol. The van der Waals surface area contributed by atoms with Crippen molar-refractivity contribution in [3.63, 3.8) is 0 Å². The number of hydrogen-bond donors (Lipinski definition) is 4. The van der Waals surface area contributed by atoms with E-state index < -0.39 is 37.5 Å². The number of alkyl carbamates (subject to hydrolysis) is 1. The largest absolute Gasteiger partial charge is 0.449 e. The average molecular weight is 617 g/mol. The van der Waals surface area contributed by atoms with Crippen LogP contribution < -0.4 is 15.4 Å². The van der Waals surface area contributed by atoms with Crippen molar-refractivity contribution < 1.29 is 32.8 Å². The van der Waals surface area contributed by atoms with Crippen molar-refractivity contribution >= 4 is 39.1 Å². The van der Waals surface area contributed by atoms with Crippen LogP contribution in [0.5, 0.6) is 0 Å². The number of amides is 2. The van der Waals surface area contributed by atoms with E-state index in [9.17, 15) is 28.1 Å². The molecule has 0 spiro atoms. The second-order valence-electron chi connectivity index (χ2n) is 9.95. The number of sulfonamides is 1. The van der Waals surface area contributed by atoms with Gasteiger partial charge in [-0.2, -0.15) is 0 Å². The lowest BCUT2D eigenvalue weighted by Crippen LogP contribution is -2.29. The fourth-order valence-electron chi connectivity index (χ4n) is 5.00. The maximum Gasteiger partial charge on any atom is 0.407 e. The van der Waals surface area contributed by atoms with Gasteiger partial charge in [-0.25, -0.2) is 13.2 Å². The van der Waals surface area contributed by atoms with Crippen LogP contribution in [0.3, 0.4) is 0 Å². The average Bonchev–Trinajstić information content (AvgIpc) is 3.33. The molecule has 0 aromatic heterocycles. The van der Waals surface area contributed by atoms with Crippen molar-refractivity contribution in [2.75, 3.05) is 23.2 Å². The zero-order chi connectivity index (χ0) is 31.3. The molecule has 226 valence electrons. The Bertz CT molecular complexity index is 1780. The summed E-state index contributed by atoms with van der Waals surface area (Å²) >= 11 is 0. The Morgan fingerprint density at radius 1 is 0.886 bits per heavy atom. The summed E-state index contributed by atoms with van der Waals surface area (Å²) < 4.78 is 33.5. The zero-order valence-electron chi connectivity index (χ0n) is 23.2. The maximum absolute atomic E-state index is 12.9. The van der Waals surface area contributed by atoms with Gasteiger partial charge in [0.2, 0.25) is 5.91 Å². The minimum absolute atomic E-state index is 0.00842. The van der Waals surface area contributed by atoms with Crippen LogP contribution in [0.4, 0.5) is 21.9 Å². The Balaban J connectivity index is 1.14. The number of hydrogen-bond acceptors (Lipinski definition) is 8. The third kappa shape index (κ3) is 6.69. The van der Waals surface area contributed by atoms with Crippen LogP contribution in [0.1, 0.15) is 29.0 Å². The summed E-state index contributed by atoms with van der Waals surface area (Å²) in [6, 6.07) is 24.9. The molecule has 4 N–H and O–H groups in total. The topological polar surface area (TPSA) is 177 Å². The molecule has 1 aliphatic rings. The minimum Gasteiger partial charge on any atom is -0.449 e. The van der Waals surface area contributed by atoms with Crippen molar-refractivity contribution in [3.05, 3.63) is 118 Å². The van der Waals surface area contributed by atoms with Crippen molar-refractivity contribution in [1.29, 1.82) is 0 Å². The normalized spacial score (nSPS) is 12.1. The number of ether oxygens (including phenoxy) is 1. The van der Waals surface area contributed by atoms with E-state index in [4.69, 9.17) is 9.84 Å². The van der Waals surface area contributed by atoms with E-state index in [2.05, 4.69) is 15.4 Å². The number of benzene rings is 4. The number of nitro groups is 1. The second kappa shape index (κ2) is 12.9. The fourth-order valence-corrected chi connectivity index (χ4v) is 6.22. The van der Waals surface area contributed by atoms with Crippen LogP contribution in [-0.4, -0.2) is 43.6 Å². The van der Waals surface area contributed by atoms with Crippen LogP contribution in [0.2, 0.25) is 0 Å². The van der Waals surface area contributed by atoms with Gasteiger partial charge in [-0.1, -0.05) is 60.7 Å². The highest BCUT2D eigenvalue weighted by atomic mass is 32.2. The second-order valence-corrected chi connectivity index (χ2v) is 11.6. The number of fused-ring (bicyclic) bond motifs is 3. The zero-order valence-corrected chi connectivity index (χ0v) is 24.0. The van der Waals surface area contributed by atoms with E-state index in [1.54, 1.807) is 0 Å². The predicted molar refractivity (Wildman–Crippen MR) is 163 cm³/mol. The summed E-state index contributed by atoms with van der Waals surface area (Å²) in [7, 11) is -4.35. The van der Waals surface area contributed by atoms with Gasteiger partial charge >= 0.3 is 6.09 Å². The van der Waals surface area contributed by atoms with Crippen molar-refractivity contribution in [2.24, 2.45) is 0 Å². The van der Waals surface area contributed by atoms with Gasteiger partial charge in [0.1, 0.15) is 6.61 Å².